The van der Waals surface area contributed by atoms with Gasteiger partial charge in [0, 0.05) is 24.0 Å². The average Bonchev–Trinajstić information content (AvgIpc) is 3.23. The minimum Gasteiger partial charge on any atom is -0.489 e. The Balaban J connectivity index is 1.26. The summed E-state index contributed by atoms with van der Waals surface area (Å²) in [5.41, 5.74) is 0.608. The molecule has 0 aliphatic carbocycles. The lowest BCUT2D eigenvalue weighted by molar-refractivity contribution is -0.125. The number of nitrogens with zero attached hydrogens (tertiary/aromatic N) is 6. The van der Waals surface area contributed by atoms with Crippen LogP contribution >= 0.6 is 11.6 Å². The van der Waals surface area contributed by atoms with E-state index in [4.69, 9.17) is 16.3 Å². The van der Waals surface area contributed by atoms with Gasteiger partial charge >= 0.3 is 0 Å². The summed E-state index contributed by atoms with van der Waals surface area (Å²) in [4.78, 5) is 18.9. The molecule has 1 fully saturated rings. The molecule has 0 unspecified atom stereocenters. The lowest BCUT2D eigenvalue weighted by Gasteiger charge is -2.32. The highest BCUT2D eigenvalue weighted by Gasteiger charge is 2.26. The smallest absolute Gasteiger partial charge is 0.223 e. The number of aromatic nitrogens is 5. The first kappa shape index (κ1) is 19.4. The second-order valence-corrected chi connectivity index (χ2v) is 7.54. The molecule has 9 nitrogen and oxygen atoms in total. The molecule has 0 radical (unpaired) electrons. The summed E-state index contributed by atoms with van der Waals surface area (Å²) in [6.07, 6.45) is 4.76. The van der Waals surface area contributed by atoms with Crippen molar-refractivity contribution in [2.45, 2.75) is 25.9 Å². The molecule has 152 valence electrons. The van der Waals surface area contributed by atoms with Crippen LogP contribution in [0.5, 0.6) is 5.75 Å². The van der Waals surface area contributed by atoms with Crippen molar-refractivity contribution in [3.63, 3.8) is 0 Å². The van der Waals surface area contributed by atoms with E-state index < -0.39 is 0 Å². The molecule has 1 amide bonds. The molecule has 1 aliphatic heterocycles. The van der Waals surface area contributed by atoms with Crippen LogP contribution in [0.4, 0.5) is 5.82 Å². The number of halogens is 1. The minimum atomic E-state index is -0.135. The summed E-state index contributed by atoms with van der Waals surface area (Å²) >= 11 is 5.88. The fraction of sp³-hybridized carbons (Fsp3) is 0.421. The number of amides is 1. The summed E-state index contributed by atoms with van der Waals surface area (Å²) in [6.45, 7) is 3.87. The highest BCUT2D eigenvalue weighted by atomic mass is 35.5. The fourth-order valence-corrected chi connectivity index (χ4v) is 3.55. The molecular weight excluding hydrogens is 394 g/mol. The van der Waals surface area contributed by atoms with Crippen molar-refractivity contribution in [1.29, 1.82) is 0 Å². The van der Waals surface area contributed by atoms with Crippen molar-refractivity contribution in [3.05, 3.63) is 41.7 Å². The molecule has 3 aromatic rings. The van der Waals surface area contributed by atoms with Crippen LogP contribution in [0.2, 0.25) is 5.02 Å². The van der Waals surface area contributed by atoms with E-state index in [0.717, 1.165) is 37.5 Å². The zero-order valence-corrected chi connectivity index (χ0v) is 16.8. The summed E-state index contributed by atoms with van der Waals surface area (Å²) in [5, 5.41) is 15.3. The fourth-order valence-electron chi connectivity index (χ4n) is 3.43. The van der Waals surface area contributed by atoms with Gasteiger partial charge in [0.05, 0.1) is 18.9 Å². The quantitative estimate of drug-likeness (QED) is 0.657. The topological polar surface area (TPSA) is 97.5 Å². The number of anilines is 1. The Morgan fingerprint density at radius 2 is 2.03 bits per heavy atom. The largest absolute Gasteiger partial charge is 0.489 e. The third kappa shape index (κ3) is 4.56. The van der Waals surface area contributed by atoms with E-state index in [1.54, 1.807) is 29.0 Å². The van der Waals surface area contributed by atoms with Gasteiger partial charge in [0.1, 0.15) is 11.9 Å². The van der Waals surface area contributed by atoms with E-state index in [2.05, 4.69) is 30.7 Å². The number of carbonyl (C=O) groups excluding carboxylic acids is 1. The van der Waals surface area contributed by atoms with Crippen LogP contribution in [-0.2, 0) is 4.79 Å². The van der Waals surface area contributed by atoms with E-state index in [0.29, 0.717) is 17.2 Å². The third-order valence-electron chi connectivity index (χ3n) is 5.00. The Kier molecular flexibility index (Phi) is 5.75. The van der Waals surface area contributed by atoms with Crippen molar-refractivity contribution in [2.24, 2.45) is 5.92 Å². The lowest BCUT2D eigenvalue weighted by atomic mass is 9.96. The van der Waals surface area contributed by atoms with Gasteiger partial charge in [-0.1, -0.05) is 11.6 Å². The molecule has 2 aromatic heterocycles. The van der Waals surface area contributed by atoms with Crippen molar-refractivity contribution in [1.82, 2.24) is 30.3 Å². The molecule has 1 atom stereocenters. The molecule has 1 N–H and O–H groups in total. The van der Waals surface area contributed by atoms with Gasteiger partial charge in [0.2, 0.25) is 5.91 Å². The van der Waals surface area contributed by atoms with Crippen LogP contribution in [0.25, 0.3) is 5.65 Å². The Morgan fingerprint density at radius 1 is 1.28 bits per heavy atom. The zero-order chi connectivity index (χ0) is 20.2. The molecule has 1 saturated heterocycles. The van der Waals surface area contributed by atoms with Gasteiger partial charge in [-0.2, -0.15) is 4.52 Å². The van der Waals surface area contributed by atoms with E-state index in [1.807, 2.05) is 19.1 Å². The monoisotopic (exact) mass is 415 g/mol. The molecule has 10 heteroatoms. The number of rotatable bonds is 6. The lowest BCUT2D eigenvalue weighted by Crippen LogP contribution is -2.43. The van der Waals surface area contributed by atoms with E-state index >= 15 is 0 Å². The van der Waals surface area contributed by atoms with Crippen LogP contribution in [0, 0.1) is 5.92 Å². The van der Waals surface area contributed by atoms with Gasteiger partial charge in [-0.3, -0.25) is 9.78 Å². The number of ether oxygens (including phenoxy) is 1. The Bertz CT molecular complexity index is 970. The molecule has 1 aromatic carbocycles. The van der Waals surface area contributed by atoms with Gasteiger partial charge in [-0.25, -0.2) is 0 Å². The molecule has 3 heterocycles. The van der Waals surface area contributed by atoms with Crippen LogP contribution < -0.4 is 15.0 Å². The number of hydrogen-bond donors (Lipinski definition) is 1. The maximum atomic E-state index is 12.6. The number of benzene rings is 1. The van der Waals surface area contributed by atoms with Gasteiger partial charge < -0.3 is 15.0 Å². The van der Waals surface area contributed by atoms with Crippen LogP contribution in [-0.4, -0.2) is 56.7 Å². The number of piperidine rings is 1. The molecule has 0 spiro atoms. The van der Waals surface area contributed by atoms with Crippen LogP contribution in [0.3, 0.4) is 0 Å². The number of nitrogens with one attached hydrogen (secondary N) is 1. The Hall–Kier alpha value is -2.94. The normalized spacial score (nSPS) is 16.0. The van der Waals surface area contributed by atoms with Crippen LogP contribution in [0.15, 0.2) is 36.7 Å². The highest BCUT2D eigenvalue weighted by molar-refractivity contribution is 6.30. The second-order valence-electron chi connectivity index (χ2n) is 7.10. The van der Waals surface area contributed by atoms with Crippen molar-refractivity contribution >= 4 is 29.0 Å². The summed E-state index contributed by atoms with van der Waals surface area (Å²) in [6, 6.07) is 7.19. The van der Waals surface area contributed by atoms with Gasteiger partial charge in [-0.05, 0) is 54.5 Å². The van der Waals surface area contributed by atoms with Crippen molar-refractivity contribution < 1.29 is 9.53 Å². The maximum absolute atomic E-state index is 12.6. The molecular formula is C19H22ClN7O2. The predicted molar refractivity (Wildman–Crippen MR) is 108 cm³/mol. The number of tetrazole rings is 1. The molecule has 0 saturated carbocycles. The van der Waals surface area contributed by atoms with Gasteiger partial charge in [0.25, 0.3) is 0 Å². The Morgan fingerprint density at radius 3 is 2.79 bits per heavy atom. The molecule has 1 aliphatic rings. The molecule has 29 heavy (non-hydrogen) atoms. The third-order valence-corrected chi connectivity index (χ3v) is 5.25. The first-order chi connectivity index (χ1) is 14.1. The highest BCUT2D eigenvalue weighted by Crippen LogP contribution is 2.23. The molecule has 0 bridgehead atoms. The zero-order valence-electron chi connectivity index (χ0n) is 16.0. The van der Waals surface area contributed by atoms with Crippen LogP contribution in [0.1, 0.15) is 19.8 Å². The molecule has 4 rings (SSSR count). The summed E-state index contributed by atoms with van der Waals surface area (Å²) in [7, 11) is 0. The van der Waals surface area contributed by atoms with Crippen molar-refractivity contribution in [3.8, 4) is 5.75 Å². The SMILES string of the molecule is C[C@@H](CNC(=O)C1CCN(c2cncc3nnnn23)CC1)Oc1ccc(Cl)cc1. The van der Waals surface area contributed by atoms with E-state index in [-0.39, 0.29) is 17.9 Å². The van der Waals surface area contributed by atoms with E-state index in [9.17, 15) is 4.79 Å². The Labute approximate surface area is 173 Å². The summed E-state index contributed by atoms with van der Waals surface area (Å²) in [5.74, 6) is 1.62. The number of hydrogen-bond acceptors (Lipinski definition) is 7. The first-order valence-electron chi connectivity index (χ1n) is 9.57. The van der Waals surface area contributed by atoms with Gasteiger partial charge in [-0.15, -0.1) is 5.10 Å². The first-order valence-corrected chi connectivity index (χ1v) is 9.95. The minimum absolute atomic E-state index is 0.0185. The van der Waals surface area contributed by atoms with Gasteiger partial charge in [0.15, 0.2) is 11.5 Å². The standard InChI is InChI=1S/C19H22ClN7O2/c1-13(29-16-4-2-15(20)3-5-16)10-22-19(28)14-6-8-26(9-7-14)18-12-21-11-17-23-24-25-27(17)18/h2-5,11-14H,6-10H2,1H3,(H,22,28)/t13-/m0/s1. The maximum Gasteiger partial charge on any atom is 0.223 e. The van der Waals surface area contributed by atoms with Crippen molar-refractivity contribution in [2.75, 3.05) is 24.5 Å². The second kappa shape index (κ2) is 8.60. The summed E-state index contributed by atoms with van der Waals surface area (Å²) < 4.78 is 7.47. The average molecular weight is 416 g/mol. The number of carbonyl (C=O) groups is 1. The van der Waals surface area contributed by atoms with E-state index in [1.165, 1.54) is 0 Å². The number of fused-ring (bicyclic) bond motifs is 1. The predicted octanol–water partition coefficient (Wildman–Crippen LogP) is 1.97.